The molecule has 0 fully saturated rings. The van der Waals surface area contributed by atoms with Gasteiger partial charge in [-0.05, 0) is 29.1 Å². The molecule has 0 aliphatic rings. The van der Waals surface area contributed by atoms with E-state index in [4.69, 9.17) is 0 Å². The van der Waals surface area contributed by atoms with Crippen molar-refractivity contribution in [2.45, 2.75) is 9.46 Å². The molecule has 0 saturated carbocycles. The summed E-state index contributed by atoms with van der Waals surface area (Å²) < 4.78 is 43.1. The van der Waals surface area contributed by atoms with Crippen molar-refractivity contribution in [3.8, 4) is 0 Å². The highest BCUT2D eigenvalue weighted by Crippen LogP contribution is 2.31. The predicted octanol–water partition coefficient (Wildman–Crippen LogP) is 2.76. The summed E-state index contributed by atoms with van der Waals surface area (Å²) in [4.78, 5) is 11.2. The van der Waals surface area contributed by atoms with Crippen molar-refractivity contribution in [1.82, 2.24) is 5.32 Å². The first-order valence-corrected chi connectivity index (χ1v) is 8.72. The van der Waals surface area contributed by atoms with Gasteiger partial charge in [-0.25, -0.2) is 17.6 Å². The number of halogens is 1. The van der Waals surface area contributed by atoms with Gasteiger partial charge in [0.2, 0.25) is 0 Å². The molecule has 1 amide bonds. The number of methoxy groups -OCH3 is 1. The molecule has 22 heavy (non-hydrogen) atoms. The Bertz CT molecular complexity index is 727. The summed E-state index contributed by atoms with van der Waals surface area (Å²) in [5.41, 5.74) is 0.395. The van der Waals surface area contributed by atoms with Crippen molar-refractivity contribution < 1.29 is 22.3 Å². The van der Waals surface area contributed by atoms with Crippen molar-refractivity contribution >= 4 is 27.3 Å². The van der Waals surface area contributed by atoms with Crippen molar-refractivity contribution in [3.05, 3.63) is 53.2 Å². The summed E-state index contributed by atoms with van der Waals surface area (Å²) >= 11 is 1.09. The number of amides is 1. The number of hydrogen-bond acceptors (Lipinski definition) is 5. The lowest BCUT2D eigenvalue weighted by atomic mass is 10.1. The van der Waals surface area contributed by atoms with Gasteiger partial charge in [0.05, 0.1) is 7.11 Å². The van der Waals surface area contributed by atoms with Gasteiger partial charge in [-0.1, -0.05) is 18.2 Å². The van der Waals surface area contributed by atoms with E-state index in [1.54, 1.807) is 11.4 Å². The van der Waals surface area contributed by atoms with Crippen LogP contribution in [0.5, 0.6) is 0 Å². The maximum absolute atomic E-state index is 13.1. The first-order chi connectivity index (χ1) is 10.4. The Hall–Kier alpha value is -1.93. The van der Waals surface area contributed by atoms with Crippen molar-refractivity contribution in [2.24, 2.45) is 0 Å². The van der Waals surface area contributed by atoms with Gasteiger partial charge in [0.1, 0.15) is 15.3 Å². The minimum absolute atomic E-state index is 0.168. The number of carbonyl (C=O) groups is 1. The molecule has 0 aliphatic heterocycles. The van der Waals surface area contributed by atoms with Crippen molar-refractivity contribution in [2.75, 3.05) is 13.7 Å². The largest absolute Gasteiger partial charge is 0.453 e. The first kappa shape index (κ1) is 16.4. The van der Waals surface area contributed by atoms with Gasteiger partial charge in [-0.15, -0.1) is 11.3 Å². The Morgan fingerprint density at radius 3 is 2.55 bits per heavy atom. The van der Waals surface area contributed by atoms with Crippen LogP contribution in [0.3, 0.4) is 0 Å². The highest BCUT2D eigenvalue weighted by atomic mass is 32.2. The fraction of sp³-hybridized carbons (Fsp3) is 0.214. The molecule has 1 N–H and O–H groups in total. The van der Waals surface area contributed by atoms with Crippen LogP contribution in [0.15, 0.2) is 46.0 Å². The molecule has 2 aromatic rings. The van der Waals surface area contributed by atoms with Crippen LogP contribution in [-0.2, 0) is 14.6 Å². The molecule has 2 rings (SSSR count). The molecule has 118 valence electrons. The summed E-state index contributed by atoms with van der Waals surface area (Å²) in [6.45, 7) is -0.168. The standard InChI is InChI=1S/C14H14FNO4S2/c1-20-14(17)16-9-12(10-4-6-11(15)7-5-10)22(18,19)13-3-2-8-21-13/h2-8,12H,9H2,1H3,(H,16,17). The number of thiophene rings is 1. The monoisotopic (exact) mass is 343 g/mol. The van der Waals surface area contributed by atoms with Crippen LogP contribution in [0.1, 0.15) is 10.8 Å². The molecule has 0 radical (unpaired) electrons. The number of alkyl carbamates (subject to hydrolysis) is 1. The van der Waals surface area contributed by atoms with E-state index in [9.17, 15) is 17.6 Å². The van der Waals surface area contributed by atoms with E-state index >= 15 is 0 Å². The van der Waals surface area contributed by atoms with E-state index < -0.39 is 27.0 Å². The third-order valence-electron chi connectivity index (χ3n) is 3.01. The van der Waals surface area contributed by atoms with E-state index in [1.165, 1.54) is 37.4 Å². The van der Waals surface area contributed by atoms with Gasteiger partial charge in [-0.2, -0.15) is 0 Å². The van der Waals surface area contributed by atoms with Crippen LogP contribution in [0.4, 0.5) is 9.18 Å². The summed E-state index contributed by atoms with van der Waals surface area (Å²) in [7, 11) is -2.51. The fourth-order valence-electron chi connectivity index (χ4n) is 1.90. The number of carbonyl (C=O) groups excluding carboxylic acids is 1. The molecule has 1 unspecified atom stereocenters. The second kappa shape index (κ2) is 6.89. The van der Waals surface area contributed by atoms with Crippen LogP contribution in [0.2, 0.25) is 0 Å². The number of nitrogens with one attached hydrogen (secondary N) is 1. The Kier molecular flexibility index (Phi) is 5.15. The van der Waals surface area contributed by atoms with E-state index in [0.717, 1.165) is 11.3 Å². The van der Waals surface area contributed by atoms with Gasteiger partial charge < -0.3 is 10.1 Å². The first-order valence-electron chi connectivity index (χ1n) is 6.30. The Morgan fingerprint density at radius 1 is 1.32 bits per heavy atom. The predicted molar refractivity (Wildman–Crippen MR) is 81.1 cm³/mol. The smallest absolute Gasteiger partial charge is 0.406 e. The van der Waals surface area contributed by atoms with E-state index in [-0.39, 0.29) is 10.8 Å². The molecule has 1 aromatic heterocycles. The number of ether oxygens (including phenoxy) is 1. The van der Waals surface area contributed by atoms with Crippen LogP contribution in [0.25, 0.3) is 0 Å². The van der Waals surface area contributed by atoms with E-state index in [0.29, 0.717) is 5.56 Å². The third kappa shape index (κ3) is 3.63. The van der Waals surface area contributed by atoms with Gasteiger partial charge in [-0.3, -0.25) is 0 Å². The van der Waals surface area contributed by atoms with Crippen LogP contribution >= 0.6 is 11.3 Å². The third-order valence-corrected chi connectivity index (χ3v) is 6.54. The summed E-state index contributed by atoms with van der Waals surface area (Å²) in [6, 6.07) is 8.28. The minimum atomic E-state index is -3.70. The Morgan fingerprint density at radius 2 is 2.00 bits per heavy atom. The number of benzene rings is 1. The zero-order valence-electron chi connectivity index (χ0n) is 11.7. The summed E-state index contributed by atoms with van der Waals surface area (Å²) in [5.74, 6) is -0.461. The quantitative estimate of drug-likeness (QED) is 0.906. The van der Waals surface area contributed by atoms with Crippen LogP contribution < -0.4 is 5.32 Å². The summed E-state index contributed by atoms with van der Waals surface area (Å²) in [5, 5.41) is 3.02. The van der Waals surface area contributed by atoms with E-state index in [1.807, 2.05) is 0 Å². The number of hydrogen-bond donors (Lipinski definition) is 1. The summed E-state index contributed by atoms with van der Waals surface area (Å²) in [6.07, 6.45) is -0.728. The Balaban J connectivity index is 2.37. The highest BCUT2D eigenvalue weighted by molar-refractivity contribution is 7.93. The Labute approximate surface area is 131 Å². The second-order valence-corrected chi connectivity index (χ2v) is 7.69. The van der Waals surface area contributed by atoms with Gasteiger partial charge in [0, 0.05) is 6.54 Å². The maximum Gasteiger partial charge on any atom is 0.406 e. The van der Waals surface area contributed by atoms with E-state index in [2.05, 4.69) is 10.1 Å². The molecule has 1 atom stereocenters. The SMILES string of the molecule is COC(=O)NCC(c1ccc(F)cc1)S(=O)(=O)c1cccs1. The molecular formula is C14H14FNO4S2. The van der Waals surface area contributed by atoms with Crippen LogP contribution in [-0.4, -0.2) is 28.2 Å². The zero-order valence-corrected chi connectivity index (χ0v) is 13.3. The number of rotatable bonds is 5. The average molecular weight is 343 g/mol. The van der Waals surface area contributed by atoms with Crippen molar-refractivity contribution in [3.63, 3.8) is 0 Å². The topological polar surface area (TPSA) is 72.5 Å². The van der Waals surface area contributed by atoms with Gasteiger partial charge in [0.25, 0.3) is 0 Å². The van der Waals surface area contributed by atoms with Crippen LogP contribution in [0, 0.1) is 5.82 Å². The molecule has 0 aliphatic carbocycles. The molecular weight excluding hydrogens is 329 g/mol. The lowest BCUT2D eigenvalue weighted by molar-refractivity contribution is 0.171. The molecule has 5 nitrogen and oxygen atoms in total. The van der Waals surface area contributed by atoms with Gasteiger partial charge >= 0.3 is 6.09 Å². The number of sulfone groups is 1. The lowest BCUT2D eigenvalue weighted by Gasteiger charge is -2.17. The molecule has 8 heteroatoms. The van der Waals surface area contributed by atoms with Gasteiger partial charge in [0.15, 0.2) is 9.84 Å². The molecule has 0 spiro atoms. The molecule has 0 saturated heterocycles. The lowest BCUT2D eigenvalue weighted by Crippen LogP contribution is -2.31. The zero-order chi connectivity index (χ0) is 16.2. The molecule has 1 aromatic carbocycles. The van der Waals surface area contributed by atoms with Crippen molar-refractivity contribution in [1.29, 1.82) is 0 Å². The maximum atomic E-state index is 13.1. The molecule has 0 bridgehead atoms. The fourth-order valence-corrected chi connectivity index (χ4v) is 4.76. The average Bonchev–Trinajstić information content (AvgIpc) is 3.04. The second-order valence-electron chi connectivity index (χ2n) is 4.39. The normalized spacial score (nSPS) is 12.6. The molecule has 1 heterocycles. The highest BCUT2D eigenvalue weighted by Gasteiger charge is 2.30. The minimum Gasteiger partial charge on any atom is -0.453 e.